The summed E-state index contributed by atoms with van der Waals surface area (Å²) in [7, 11) is 1.99. The third-order valence-corrected chi connectivity index (χ3v) is 5.58. The van der Waals surface area contributed by atoms with E-state index >= 15 is 0 Å². The molecule has 1 aliphatic rings. The molecule has 2 N–H and O–H groups in total. The van der Waals surface area contributed by atoms with Crippen LogP contribution in [0.15, 0.2) is 17.6 Å². The molecular weight excluding hydrogens is 268 g/mol. The lowest BCUT2D eigenvalue weighted by Gasteiger charge is -2.39. The first-order chi connectivity index (χ1) is 9.63. The molecule has 2 unspecified atom stereocenters. The Morgan fingerprint density at radius 3 is 3.00 bits per heavy atom. The van der Waals surface area contributed by atoms with Gasteiger partial charge in [0, 0.05) is 42.3 Å². The van der Waals surface area contributed by atoms with Gasteiger partial charge in [0.25, 0.3) is 0 Å². The van der Waals surface area contributed by atoms with Crippen LogP contribution in [0.3, 0.4) is 0 Å². The normalized spacial score (nSPS) is 20.9. The molecule has 2 aromatic rings. The van der Waals surface area contributed by atoms with Crippen molar-refractivity contribution in [2.24, 2.45) is 12.8 Å². The van der Waals surface area contributed by atoms with E-state index in [9.17, 15) is 0 Å². The second-order valence-electron chi connectivity index (χ2n) is 5.52. The van der Waals surface area contributed by atoms with Crippen molar-refractivity contribution in [1.29, 1.82) is 0 Å². The van der Waals surface area contributed by atoms with Crippen molar-refractivity contribution in [3.05, 3.63) is 39.3 Å². The van der Waals surface area contributed by atoms with Gasteiger partial charge in [-0.15, -0.1) is 11.3 Å². The maximum atomic E-state index is 6.10. The first kappa shape index (κ1) is 13.8. The lowest BCUT2D eigenvalue weighted by molar-refractivity contribution is 0.138. The van der Waals surface area contributed by atoms with Gasteiger partial charge in [-0.3, -0.25) is 9.58 Å². The van der Waals surface area contributed by atoms with Crippen molar-refractivity contribution >= 4 is 11.3 Å². The zero-order valence-electron chi connectivity index (χ0n) is 12.3. The minimum Gasteiger partial charge on any atom is -0.329 e. The molecule has 0 radical (unpaired) electrons. The highest BCUT2D eigenvalue weighted by Gasteiger charge is 2.31. The van der Waals surface area contributed by atoms with E-state index in [1.807, 2.05) is 29.3 Å². The number of nitrogens with two attached hydrogens (primary N) is 1. The second-order valence-corrected chi connectivity index (χ2v) is 6.52. The van der Waals surface area contributed by atoms with Crippen LogP contribution in [0.25, 0.3) is 0 Å². The topological polar surface area (TPSA) is 47.1 Å². The summed E-state index contributed by atoms with van der Waals surface area (Å²) in [6.07, 6.45) is 3.11. The third kappa shape index (κ3) is 2.10. The second kappa shape index (κ2) is 5.31. The third-order valence-electron chi connectivity index (χ3n) is 4.58. The molecule has 0 saturated heterocycles. The SMILES string of the molecule is Cc1c(C(CN)N2CCc3sccc3C2C)cnn1C. The first-order valence-corrected chi connectivity index (χ1v) is 8.02. The van der Waals surface area contributed by atoms with E-state index < -0.39 is 0 Å². The van der Waals surface area contributed by atoms with Gasteiger partial charge in [-0.2, -0.15) is 5.10 Å². The molecule has 2 atom stereocenters. The fourth-order valence-corrected chi connectivity index (χ4v) is 4.20. The maximum absolute atomic E-state index is 6.10. The molecule has 0 amide bonds. The van der Waals surface area contributed by atoms with E-state index in [0.717, 1.165) is 13.0 Å². The smallest absolute Gasteiger partial charge is 0.0540 e. The summed E-state index contributed by atoms with van der Waals surface area (Å²) >= 11 is 1.88. The lowest BCUT2D eigenvalue weighted by Crippen LogP contribution is -2.39. The summed E-state index contributed by atoms with van der Waals surface area (Å²) in [6, 6.07) is 2.95. The predicted octanol–water partition coefficient (Wildman–Crippen LogP) is 2.41. The van der Waals surface area contributed by atoms with Crippen molar-refractivity contribution in [2.75, 3.05) is 13.1 Å². The van der Waals surface area contributed by atoms with Crippen LogP contribution in [0.5, 0.6) is 0 Å². The number of fused-ring (bicyclic) bond motifs is 1. The van der Waals surface area contributed by atoms with Crippen LogP contribution in [0, 0.1) is 6.92 Å². The molecule has 3 rings (SSSR count). The summed E-state index contributed by atoms with van der Waals surface area (Å²) < 4.78 is 1.93. The summed E-state index contributed by atoms with van der Waals surface area (Å²) in [5, 5.41) is 6.58. The summed E-state index contributed by atoms with van der Waals surface area (Å²) in [4.78, 5) is 4.06. The first-order valence-electron chi connectivity index (χ1n) is 7.14. The van der Waals surface area contributed by atoms with Crippen molar-refractivity contribution in [3.63, 3.8) is 0 Å². The van der Waals surface area contributed by atoms with Gasteiger partial charge in [-0.25, -0.2) is 0 Å². The van der Waals surface area contributed by atoms with Crippen molar-refractivity contribution in [2.45, 2.75) is 32.4 Å². The Bertz CT molecular complexity index is 601. The average Bonchev–Trinajstić information content (AvgIpc) is 3.04. The molecule has 0 bridgehead atoms. The Morgan fingerprint density at radius 2 is 2.35 bits per heavy atom. The van der Waals surface area contributed by atoms with Gasteiger partial charge in [0.05, 0.1) is 12.2 Å². The van der Waals surface area contributed by atoms with E-state index in [2.05, 4.69) is 35.3 Å². The summed E-state index contributed by atoms with van der Waals surface area (Å²) in [5.74, 6) is 0. The molecule has 5 heteroatoms. The van der Waals surface area contributed by atoms with Crippen molar-refractivity contribution < 1.29 is 0 Å². The molecule has 2 aromatic heterocycles. The van der Waals surface area contributed by atoms with Gasteiger partial charge >= 0.3 is 0 Å². The van der Waals surface area contributed by atoms with E-state index in [1.54, 1.807) is 0 Å². The van der Waals surface area contributed by atoms with Crippen molar-refractivity contribution in [1.82, 2.24) is 14.7 Å². The van der Waals surface area contributed by atoms with Crippen molar-refractivity contribution in [3.8, 4) is 0 Å². The summed E-state index contributed by atoms with van der Waals surface area (Å²) in [6.45, 7) is 6.12. The fraction of sp³-hybridized carbons (Fsp3) is 0.533. The molecule has 108 valence electrons. The van der Waals surface area contributed by atoms with E-state index in [-0.39, 0.29) is 6.04 Å². The maximum Gasteiger partial charge on any atom is 0.0540 e. The molecular formula is C15H22N4S. The zero-order valence-corrected chi connectivity index (χ0v) is 13.2. The molecule has 0 fully saturated rings. The number of nitrogens with zero attached hydrogens (tertiary/aromatic N) is 3. The van der Waals surface area contributed by atoms with Crippen LogP contribution in [-0.4, -0.2) is 27.8 Å². The molecule has 20 heavy (non-hydrogen) atoms. The standard InChI is InChI=1S/C15H22N4S/c1-10-13(9-17-18(10)3)14(8-16)19-6-4-15-12(11(19)2)5-7-20-15/h5,7,9,11,14H,4,6,8,16H2,1-3H3. The largest absolute Gasteiger partial charge is 0.329 e. The highest BCUT2D eigenvalue weighted by molar-refractivity contribution is 7.10. The van der Waals surface area contributed by atoms with Crippen LogP contribution in [0.1, 0.15) is 40.7 Å². The van der Waals surface area contributed by atoms with E-state index in [4.69, 9.17) is 5.73 Å². The Morgan fingerprint density at radius 1 is 1.55 bits per heavy atom. The van der Waals surface area contributed by atoms with Gasteiger partial charge < -0.3 is 5.73 Å². The number of rotatable bonds is 3. The van der Waals surface area contributed by atoms with Crippen LogP contribution in [0.2, 0.25) is 0 Å². The van der Waals surface area contributed by atoms with Crippen LogP contribution < -0.4 is 5.73 Å². The molecule has 3 heterocycles. The van der Waals surface area contributed by atoms with Crippen LogP contribution in [-0.2, 0) is 13.5 Å². The average molecular weight is 290 g/mol. The van der Waals surface area contributed by atoms with Gasteiger partial charge in [-0.1, -0.05) is 0 Å². The molecule has 0 spiro atoms. The monoisotopic (exact) mass is 290 g/mol. The summed E-state index contributed by atoms with van der Waals surface area (Å²) in [5.41, 5.74) is 10.0. The van der Waals surface area contributed by atoms with Gasteiger partial charge in [0.15, 0.2) is 0 Å². The zero-order chi connectivity index (χ0) is 14.3. The number of thiophene rings is 1. The number of hydrogen-bond acceptors (Lipinski definition) is 4. The number of aryl methyl sites for hydroxylation is 1. The van der Waals surface area contributed by atoms with Crippen LogP contribution >= 0.6 is 11.3 Å². The Balaban J connectivity index is 1.93. The Kier molecular flexibility index (Phi) is 3.67. The quantitative estimate of drug-likeness (QED) is 0.944. The lowest BCUT2D eigenvalue weighted by atomic mass is 9.96. The van der Waals surface area contributed by atoms with Gasteiger partial charge in [0.1, 0.15) is 0 Å². The molecule has 0 saturated carbocycles. The molecule has 1 aliphatic heterocycles. The van der Waals surface area contributed by atoms with E-state index in [1.165, 1.54) is 21.7 Å². The Hall–Kier alpha value is -1.17. The van der Waals surface area contributed by atoms with Gasteiger partial charge in [0.2, 0.25) is 0 Å². The molecule has 4 nitrogen and oxygen atoms in total. The highest BCUT2D eigenvalue weighted by atomic mass is 32.1. The molecule has 0 aromatic carbocycles. The predicted molar refractivity (Wildman–Crippen MR) is 82.9 cm³/mol. The van der Waals surface area contributed by atoms with E-state index in [0.29, 0.717) is 12.6 Å². The fourth-order valence-electron chi connectivity index (χ4n) is 3.24. The molecule has 0 aliphatic carbocycles. The Labute approximate surface area is 124 Å². The number of aromatic nitrogens is 2. The minimum absolute atomic E-state index is 0.256. The highest BCUT2D eigenvalue weighted by Crippen LogP contribution is 2.38. The minimum atomic E-state index is 0.256. The van der Waals surface area contributed by atoms with Crippen LogP contribution in [0.4, 0.5) is 0 Å². The number of hydrogen-bond donors (Lipinski definition) is 1. The van der Waals surface area contributed by atoms with Gasteiger partial charge in [-0.05, 0) is 37.3 Å².